The maximum absolute atomic E-state index is 9.75. The monoisotopic (exact) mass is 381 g/mol. The number of halogens is 4. The highest BCUT2D eigenvalue weighted by molar-refractivity contribution is 6.50. The summed E-state index contributed by atoms with van der Waals surface area (Å²) in [5, 5.41) is 0. The first-order valence-corrected chi connectivity index (χ1v) is 10.3. The molecule has 0 N–H and O–H groups in total. The summed E-state index contributed by atoms with van der Waals surface area (Å²) in [4.78, 5) is 4.73. The van der Waals surface area contributed by atoms with Gasteiger partial charge in [-0.1, -0.05) is 77.6 Å². The molecule has 1 unspecified atom stereocenters. The quantitative estimate of drug-likeness (QED) is 0.192. The molecule has 0 radical (unpaired) electrons. The van der Waals surface area contributed by atoms with Crippen molar-refractivity contribution in [3.05, 3.63) is 12.4 Å². The molecule has 26 heavy (non-hydrogen) atoms. The molecule has 1 atom stereocenters. The summed E-state index contributed by atoms with van der Waals surface area (Å²) in [6.45, 7) is 5.79. The SMILES string of the molecule is CCCCCCCCCCCCCCN1C=CN(C)C1C.F[B-](F)(F)F. The predicted octanol–water partition coefficient (Wildman–Crippen LogP) is 7.05. The molecule has 2 nitrogen and oxygen atoms in total. The molecular formula is C19H38BF4N2-. The zero-order valence-electron chi connectivity index (χ0n) is 16.9. The Bertz CT molecular complexity index is 345. The molecule has 0 fully saturated rings. The minimum absolute atomic E-state index is 0.553. The Balaban J connectivity index is 0.00000110. The van der Waals surface area contributed by atoms with E-state index in [-0.39, 0.29) is 0 Å². The Morgan fingerprint density at radius 3 is 1.46 bits per heavy atom. The standard InChI is InChI=1S/C19H38N2.BF4/c1-4-5-6-7-8-9-10-11-12-13-14-15-16-21-18-17-20(3)19(21)2;2-1(3,4)5/h17-19H,4-16H2,1-3H3;/q;-1. The third-order valence-electron chi connectivity index (χ3n) is 4.83. The summed E-state index contributed by atoms with van der Waals surface area (Å²) < 4.78 is 39.0. The molecule has 0 aromatic rings. The van der Waals surface area contributed by atoms with Crippen molar-refractivity contribution in [3.63, 3.8) is 0 Å². The Hall–Kier alpha value is -0.875. The van der Waals surface area contributed by atoms with Crippen LogP contribution >= 0.6 is 0 Å². The molecule has 1 aliphatic rings. The highest BCUT2D eigenvalue weighted by Gasteiger charge is 2.20. The van der Waals surface area contributed by atoms with Gasteiger partial charge in [0.15, 0.2) is 0 Å². The number of unbranched alkanes of at least 4 members (excludes halogenated alkanes) is 11. The molecule has 0 aromatic heterocycles. The maximum Gasteiger partial charge on any atom is 0.673 e. The molecule has 0 saturated carbocycles. The van der Waals surface area contributed by atoms with Crippen LogP contribution in [0.15, 0.2) is 12.4 Å². The average Bonchev–Trinajstić information content (AvgIpc) is 2.86. The van der Waals surface area contributed by atoms with E-state index in [9.17, 15) is 17.3 Å². The van der Waals surface area contributed by atoms with E-state index in [1.54, 1.807) is 0 Å². The van der Waals surface area contributed by atoms with Gasteiger partial charge in [0.05, 0.1) is 6.17 Å². The van der Waals surface area contributed by atoms with Gasteiger partial charge in [0.1, 0.15) is 0 Å². The van der Waals surface area contributed by atoms with Crippen LogP contribution in [0.1, 0.15) is 90.9 Å². The summed E-state index contributed by atoms with van der Waals surface area (Å²) in [6.07, 6.45) is 22.2. The molecule has 1 rings (SSSR count). The van der Waals surface area contributed by atoms with Gasteiger partial charge in [0, 0.05) is 26.0 Å². The van der Waals surface area contributed by atoms with Crippen molar-refractivity contribution in [1.82, 2.24) is 9.80 Å². The lowest BCUT2D eigenvalue weighted by Crippen LogP contribution is -2.34. The van der Waals surface area contributed by atoms with Gasteiger partial charge in [0.25, 0.3) is 0 Å². The molecule has 7 heteroatoms. The molecule has 0 bridgehead atoms. The molecule has 156 valence electrons. The fourth-order valence-electron chi connectivity index (χ4n) is 3.07. The first kappa shape index (κ1) is 25.1. The van der Waals surface area contributed by atoms with Gasteiger partial charge in [-0.2, -0.15) is 0 Å². The van der Waals surface area contributed by atoms with Crippen molar-refractivity contribution < 1.29 is 17.3 Å². The minimum atomic E-state index is -6.00. The van der Waals surface area contributed by atoms with Crippen LogP contribution in [0.3, 0.4) is 0 Å². The minimum Gasteiger partial charge on any atom is -0.418 e. The van der Waals surface area contributed by atoms with Crippen molar-refractivity contribution in [3.8, 4) is 0 Å². The molecule has 1 heterocycles. The molecule has 0 spiro atoms. The Morgan fingerprint density at radius 1 is 0.731 bits per heavy atom. The fraction of sp³-hybridized carbons (Fsp3) is 0.895. The van der Waals surface area contributed by atoms with E-state index < -0.39 is 7.25 Å². The van der Waals surface area contributed by atoms with Crippen LogP contribution in [0, 0.1) is 0 Å². The van der Waals surface area contributed by atoms with Gasteiger partial charge >= 0.3 is 7.25 Å². The van der Waals surface area contributed by atoms with E-state index in [0.717, 1.165) is 0 Å². The highest BCUT2D eigenvalue weighted by Crippen LogP contribution is 2.15. The molecule has 1 aliphatic heterocycles. The molecule has 0 aliphatic carbocycles. The summed E-state index contributed by atoms with van der Waals surface area (Å²) in [7, 11) is -3.84. The van der Waals surface area contributed by atoms with Gasteiger partial charge in [-0.05, 0) is 13.3 Å². The molecular weight excluding hydrogens is 343 g/mol. The van der Waals surface area contributed by atoms with Gasteiger partial charge in [-0.25, -0.2) is 0 Å². The van der Waals surface area contributed by atoms with E-state index in [1.165, 1.54) is 83.6 Å². The van der Waals surface area contributed by atoms with Crippen LogP contribution in [0.5, 0.6) is 0 Å². The number of nitrogens with zero attached hydrogens (tertiary/aromatic N) is 2. The number of hydrogen-bond acceptors (Lipinski definition) is 2. The lowest BCUT2D eigenvalue weighted by atomic mass is 10.1. The third-order valence-corrected chi connectivity index (χ3v) is 4.83. The highest BCUT2D eigenvalue weighted by atomic mass is 19.5. The predicted molar refractivity (Wildman–Crippen MR) is 104 cm³/mol. The zero-order valence-corrected chi connectivity index (χ0v) is 16.9. The van der Waals surface area contributed by atoms with Gasteiger partial charge < -0.3 is 27.1 Å². The normalized spacial score (nSPS) is 16.8. The fourth-order valence-corrected chi connectivity index (χ4v) is 3.07. The second-order valence-corrected chi connectivity index (χ2v) is 7.22. The second-order valence-electron chi connectivity index (χ2n) is 7.22. The van der Waals surface area contributed by atoms with Crippen molar-refractivity contribution in [1.29, 1.82) is 0 Å². The van der Waals surface area contributed by atoms with Crippen molar-refractivity contribution in [2.24, 2.45) is 0 Å². The largest absolute Gasteiger partial charge is 0.673 e. The molecule has 0 aromatic carbocycles. The van der Waals surface area contributed by atoms with Crippen LogP contribution < -0.4 is 0 Å². The Labute approximate surface area is 158 Å². The molecule has 0 amide bonds. The third kappa shape index (κ3) is 16.6. The van der Waals surface area contributed by atoms with Crippen LogP contribution in [0.4, 0.5) is 17.3 Å². The number of rotatable bonds is 13. The van der Waals surface area contributed by atoms with E-state index in [1.807, 2.05) is 0 Å². The lowest BCUT2D eigenvalue weighted by molar-refractivity contribution is 0.192. The smallest absolute Gasteiger partial charge is 0.418 e. The second kappa shape index (κ2) is 15.2. The van der Waals surface area contributed by atoms with Crippen molar-refractivity contribution in [2.45, 2.75) is 97.1 Å². The van der Waals surface area contributed by atoms with Gasteiger partial charge in [-0.15, -0.1) is 0 Å². The van der Waals surface area contributed by atoms with E-state index in [4.69, 9.17) is 0 Å². The summed E-state index contributed by atoms with van der Waals surface area (Å²) in [5.74, 6) is 0. The first-order chi connectivity index (χ1) is 12.3. The van der Waals surface area contributed by atoms with Crippen molar-refractivity contribution >= 4 is 7.25 Å². The Morgan fingerprint density at radius 2 is 1.12 bits per heavy atom. The van der Waals surface area contributed by atoms with Crippen LogP contribution in [-0.2, 0) is 0 Å². The van der Waals surface area contributed by atoms with Crippen LogP contribution in [-0.4, -0.2) is 36.8 Å². The van der Waals surface area contributed by atoms with E-state index in [2.05, 4.69) is 43.1 Å². The van der Waals surface area contributed by atoms with Gasteiger partial charge in [0.2, 0.25) is 0 Å². The topological polar surface area (TPSA) is 6.48 Å². The zero-order chi connectivity index (χ0) is 19.8. The maximum atomic E-state index is 9.75. The first-order valence-electron chi connectivity index (χ1n) is 10.3. The molecule has 0 saturated heterocycles. The summed E-state index contributed by atoms with van der Waals surface area (Å²) in [5.41, 5.74) is 0. The van der Waals surface area contributed by atoms with Crippen molar-refractivity contribution in [2.75, 3.05) is 13.6 Å². The van der Waals surface area contributed by atoms with Crippen LogP contribution in [0.25, 0.3) is 0 Å². The lowest BCUT2D eigenvalue weighted by Gasteiger charge is -2.26. The number of hydrogen-bond donors (Lipinski definition) is 0. The summed E-state index contributed by atoms with van der Waals surface area (Å²) in [6, 6.07) is 0. The van der Waals surface area contributed by atoms with E-state index >= 15 is 0 Å². The summed E-state index contributed by atoms with van der Waals surface area (Å²) >= 11 is 0. The average molecular weight is 381 g/mol. The van der Waals surface area contributed by atoms with E-state index in [0.29, 0.717) is 6.17 Å². The Kier molecular flexibility index (Phi) is 14.7. The van der Waals surface area contributed by atoms with Crippen LogP contribution in [0.2, 0.25) is 0 Å². The van der Waals surface area contributed by atoms with Gasteiger partial charge in [-0.3, -0.25) is 0 Å².